The minimum absolute atomic E-state index is 0.0687. The highest BCUT2D eigenvalue weighted by molar-refractivity contribution is 6.24. The first kappa shape index (κ1) is 34.2. The van der Waals surface area contributed by atoms with Gasteiger partial charge < -0.3 is 29.8 Å². The average Bonchev–Trinajstić information content (AvgIpc) is 3.42. The molecule has 11 nitrogen and oxygen atoms in total. The van der Waals surface area contributed by atoms with Crippen LogP contribution in [0.1, 0.15) is 83.8 Å². The lowest BCUT2D eigenvalue weighted by Gasteiger charge is -2.30. The molecule has 1 saturated carbocycles. The van der Waals surface area contributed by atoms with E-state index >= 15 is 0 Å². The molecule has 6 rings (SSSR count). The molecule has 2 fully saturated rings. The Hall–Kier alpha value is -4.67. The predicted molar refractivity (Wildman–Crippen MR) is 184 cm³/mol. The summed E-state index contributed by atoms with van der Waals surface area (Å²) in [5.41, 5.74) is 2.73. The van der Waals surface area contributed by atoms with Crippen molar-refractivity contribution in [3.05, 3.63) is 71.8 Å². The lowest BCUT2D eigenvalue weighted by molar-refractivity contribution is -0.150. The Labute approximate surface area is 287 Å². The van der Waals surface area contributed by atoms with Crippen LogP contribution in [0.15, 0.2) is 65.8 Å². The van der Waals surface area contributed by atoms with Gasteiger partial charge in [-0.3, -0.25) is 9.59 Å². The minimum atomic E-state index is -1.19. The van der Waals surface area contributed by atoms with Crippen LogP contribution in [0.25, 0.3) is 11.1 Å². The zero-order valence-electron chi connectivity index (χ0n) is 28.7. The van der Waals surface area contributed by atoms with Crippen LogP contribution < -0.4 is 10.6 Å². The van der Waals surface area contributed by atoms with Gasteiger partial charge in [0.2, 0.25) is 11.8 Å². The van der Waals surface area contributed by atoms with Gasteiger partial charge in [0.25, 0.3) is 0 Å². The molecule has 0 spiro atoms. The van der Waals surface area contributed by atoms with Gasteiger partial charge in [-0.2, -0.15) is 0 Å². The van der Waals surface area contributed by atoms with Gasteiger partial charge in [-0.15, -0.1) is 0 Å². The Morgan fingerprint density at radius 3 is 2.33 bits per heavy atom. The molecule has 0 aromatic heterocycles. The SMILES string of the molecule is CCOC(=O)[C@@]12C[C@H]1/C=C\CCCCC[C@H](NC(=O)OC(C)(C)C)C(=O)N1C[C@H](ON=C3c4ccccc4-c4ccccc43)C[C@H]1C(=O)N2. The Balaban J connectivity index is 1.30. The molecule has 0 radical (unpaired) electrons. The number of carbonyl (C=O) groups excluding carboxylic acids is 4. The summed E-state index contributed by atoms with van der Waals surface area (Å²) in [4.78, 5) is 62.2. The molecular formula is C38H46N4O7. The van der Waals surface area contributed by atoms with E-state index in [4.69, 9.17) is 14.3 Å². The van der Waals surface area contributed by atoms with E-state index in [-0.39, 0.29) is 25.5 Å². The molecular weight excluding hydrogens is 624 g/mol. The predicted octanol–water partition coefficient (Wildman–Crippen LogP) is 5.26. The van der Waals surface area contributed by atoms with Gasteiger partial charge in [-0.25, -0.2) is 9.59 Å². The molecule has 11 heteroatoms. The highest BCUT2D eigenvalue weighted by Gasteiger charge is 2.62. The van der Waals surface area contributed by atoms with Crippen LogP contribution >= 0.6 is 0 Å². The second-order valence-corrected chi connectivity index (χ2v) is 14.3. The van der Waals surface area contributed by atoms with E-state index in [9.17, 15) is 19.2 Å². The smallest absolute Gasteiger partial charge is 0.408 e. The molecule has 5 atom stereocenters. The number of hydrogen-bond acceptors (Lipinski definition) is 8. The second-order valence-electron chi connectivity index (χ2n) is 14.3. The average molecular weight is 671 g/mol. The Morgan fingerprint density at radius 2 is 1.67 bits per heavy atom. The van der Waals surface area contributed by atoms with Gasteiger partial charge in [0.05, 0.1) is 13.2 Å². The summed E-state index contributed by atoms with van der Waals surface area (Å²) in [5.74, 6) is -1.57. The van der Waals surface area contributed by atoms with E-state index in [1.807, 2.05) is 60.7 Å². The number of carbonyl (C=O) groups is 4. The number of hydrogen-bond donors (Lipinski definition) is 2. The summed E-state index contributed by atoms with van der Waals surface area (Å²) in [6.45, 7) is 7.26. The van der Waals surface area contributed by atoms with Gasteiger partial charge in [0.15, 0.2) is 0 Å². The quantitative estimate of drug-likeness (QED) is 0.215. The van der Waals surface area contributed by atoms with Gasteiger partial charge in [0, 0.05) is 23.5 Å². The van der Waals surface area contributed by atoms with Crippen molar-refractivity contribution in [3.63, 3.8) is 0 Å². The molecule has 3 amide bonds. The Kier molecular flexibility index (Phi) is 9.81. The molecule has 0 bridgehead atoms. The number of fused-ring (bicyclic) bond motifs is 5. The van der Waals surface area contributed by atoms with Crippen LogP contribution in [0.4, 0.5) is 4.79 Å². The third-order valence-electron chi connectivity index (χ3n) is 9.52. The first-order chi connectivity index (χ1) is 23.5. The molecule has 2 aliphatic heterocycles. The largest absolute Gasteiger partial charge is 0.464 e. The first-order valence-electron chi connectivity index (χ1n) is 17.4. The number of nitrogens with one attached hydrogen (secondary N) is 2. The van der Waals surface area contributed by atoms with Gasteiger partial charge in [-0.05, 0) is 64.5 Å². The van der Waals surface area contributed by atoms with Gasteiger partial charge in [-0.1, -0.05) is 78.7 Å². The van der Waals surface area contributed by atoms with Gasteiger partial charge >= 0.3 is 12.1 Å². The molecule has 1 saturated heterocycles. The van der Waals surface area contributed by atoms with Crippen molar-refractivity contribution in [2.24, 2.45) is 11.1 Å². The van der Waals surface area contributed by atoms with E-state index in [1.54, 1.807) is 27.7 Å². The van der Waals surface area contributed by atoms with E-state index in [2.05, 4.69) is 15.8 Å². The third-order valence-corrected chi connectivity index (χ3v) is 9.52. The fourth-order valence-corrected chi connectivity index (χ4v) is 7.05. The highest BCUT2D eigenvalue weighted by atomic mass is 16.6. The maximum atomic E-state index is 14.3. The van der Waals surface area contributed by atoms with Crippen LogP contribution in [0, 0.1) is 5.92 Å². The molecule has 260 valence electrons. The van der Waals surface area contributed by atoms with Crippen LogP contribution in [0.5, 0.6) is 0 Å². The summed E-state index contributed by atoms with van der Waals surface area (Å²) >= 11 is 0. The van der Waals surface area contributed by atoms with Crippen molar-refractivity contribution < 1.29 is 33.5 Å². The van der Waals surface area contributed by atoms with E-state index < -0.39 is 53.2 Å². The zero-order valence-corrected chi connectivity index (χ0v) is 28.7. The van der Waals surface area contributed by atoms with Crippen LogP contribution in [-0.2, 0) is 28.7 Å². The number of amides is 3. The molecule has 4 aliphatic rings. The number of nitrogens with zero attached hydrogens (tertiary/aromatic N) is 2. The number of alkyl carbamates (subject to hydrolysis) is 1. The van der Waals surface area contributed by atoms with E-state index in [0.717, 1.165) is 41.5 Å². The summed E-state index contributed by atoms with van der Waals surface area (Å²) in [7, 11) is 0. The third kappa shape index (κ3) is 7.35. The number of rotatable bonds is 5. The van der Waals surface area contributed by atoms with Crippen molar-refractivity contribution in [2.75, 3.05) is 13.2 Å². The molecule has 2 heterocycles. The van der Waals surface area contributed by atoms with Crippen molar-refractivity contribution in [3.8, 4) is 11.1 Å². The van der Waals surface area contributed by atoms with Crippen LogP contribution in [-0.4, -0.2) is 77.0 Å². The summed E-state index contributed by atoms with van der Waals surface area (Å²) in [5, 5.41) is 10.4. The van der Waals surface area contributed by atoms with Crippen molar-refractivity contribution in [1.29, 1.82) is 0 Å². The maximum absolute atomic E-state index is 14.3. The van der Waals surface area contributed by atoms with E-state index in [1.165, 1.54) is 4.90 Å². The summed E-state index contributed by atoms with van der Waals surface area (Å²) in [6.07, 6.45) is 6.86. The maximum Gasteiger partial charge on any atom is 0.408 e. The number of oxime groups is 1. The zero-order chi connectivity index (χ0) is 34.8. The van der Waals surface area contributed by atoms with Crippen molar-refractivity contribution in [2.45, 2.75) is 102 Å². The van der Waals surface area contributed by atoms with Crippen molar-refractivity contribution in [1.82, 2.24) is 15.5 Å². The number of ether oxygens (including phenoxy) is 2. The lowest BCUT2D eigenvalue weighted by atomic mass is 10.0. The molecule has 0 unspecified atom stereocenters. The molecule has 2 N–H and O–H groups in total. The van der Waals surface area contributed by atoms with E-state index in [0.29, 0.717) is 25.0 Å². The summed E-state index contributed by atoms with van der Waals surface area (Å²) in [6, 6.07) is 14.1. The first-order valence-corrected chi connectivity index (χ1v) is 17.4. The fourth-order valence-electron chi connectivity index (χ4n) is 7.05. The molecule has 2 aliphatic carbocycles. The molecule has 2 aromatic rings. The lowest BCUT2D eigenvalue weighted by Crippen LogP contribution is -2.56. The normalized spacial score (nSPS) is 27.2. The second kappa shape index (κ2) is 14.1. The topological polar surface area (TPSA) is 136 Å². The van der Waals surface area contributed by atoms with Crippen LogP contribution in [0.2, 0.25) is 0 Å². The number of esters is 1. The molecule has 2 aromatic carbocycles. The van der Waals surface area contributed by atoms with Gasteiger partial charge in [0.1, 0.15) is 35.0 Å². The Bertz CT molecular complexity index is 1620. The fraction of sp³-hybridized carbons (Fsp3) is 0.500. The summed E-state index contributed by atoms with van der Waals surface area (Å²) < 4.78 is 10.9. The Morgan fingerprint density at radius 1 is 1.00 bits per heavy atom. The van der Waals surface area contributed by atoms with Crippen LogP contribution in [0.3, 0.4) is 0 Å². The number of allylic oxidation sites excluding steroid dienone is 1. The monoisotopic (exact) mass is 670 g/mol. The van der Waals surface area contributed by atoms with Crippen molar-refractivity contribution >= 4 is 29.6 Å². The standard InChI is InChI=1S/C38H46N4O7/c1-5-47-35(45)38-22-24(38)15-9-7-6-8-10-20-30(39-36(46)48-37(2,3)4)34(44)42-23-25(21-31(42)33(43)40-38)49-41-32-28-18-13-11-16-26(28)27-17-12-14-19-29(27)32/h9,11-19,24-25,30-31H,5-8,10,20-23H2,1-4H3,(H,39,46)(H,40,43)/b15-9-/t24-,25-,30+,31+,38-/m1/s1. The highest BCUT2D eigenvalue weighted by Crippen LogP contribution is 2.46. The minimum Gasteiger partial charge on any atom is -0.464 e. The molecule has 49 heavy (non-hydrogen) atoms. The number of benzene rings is 2.